The van der Waals surface area contributed by atoms with Crippen LogP contribution >= 0.6 is 0 Å². The van der Waals surface area contributed by atoms with Crippen molar-refractivity contribution in [2.75, 3.05) is 11.9 Å². The Labute approximate surface area is 159 Å². The Kier molecular flexibility index (Phi) is 6.47. The maximum atomic E-state index is 14.3. The summed E-state index contributed by atoms with van der Waals surface area (Å²) in [4.78, 5) is 17.3. The van der Waals surface area contributed by atoms with Gasteiger partial charge in [0, 0.05) is 23.7 Å². The van der Waals surface area contributed by atoms with Crippen molar-refractivity contribution in [3.63, 3.8) is 0 Å². The van der Waals surface area contributed by atoms with Crippen LogP contribution in [0.1, 0.15) is 58.9 Å². The van der Waals surface area contributed by atoms with Crippen molar-refractivity contribution >= 4 is 11.9 Å². The molecule has 0 atom stereocenters. The molecule has 1 saturated carbocycles. The topological polar surface area (TPSA) is 98.5 Å². The number of nitriles is 1. The summed E-state index contributed by atoms with van der Waals surface area (Å²) >= 11 is 0. The van der Waals surface area contributed by atoms with Crippen molar-refractivity contribution in [1.82, 2.24) is 9.88 Å². The standard InChI is InChI=1S/C19H27FN4O3/c1-5-27-17-12(11-21)10-15(20)16(23-17)22-13-6-8-14(9-7-13)24(18(25)26)19(2,3)4/h10,13-14H,5-9H2,1-4H3,(H,22,23)(H,25,26)/t13-,14-. The van der Waals surface area contributed by atoms with Crippen molar-refractivity contribution in [2.45, 2.75) is 71.0 Å². The summed E-state index contributed by atoms with van der Waals surface area (Å²) in [6, 6.07) is 2.93. The van der Waals surface area contributed by atoms with Gasteiger partial charge in [-0.15, -0.1) is 0 Å². The molecule has 0 aliphatic heterocycles. The van der Waals surface area contributed by atoms with Gasteiger partial charge in [0.05, 0.1) is 6.61 Å². The number of hydrogen-bond acceptors (Lipinski definition) is 5. The number of nitrogens with one attached hydrogen (secondary N) is 1. The SMILES string of the molecule is CCOc1nc(N[C@H]2CC[C@H](N(C(=O)O)C(C)(C)C)CC2)c(F)cc1C#N. The highest BCUT2D eigenvalue weighted by Crippen LogP contribution is 2.31. The summed E-state index contributed by atoms with van der Waals surface area (Å²) in [6.07, 6.45) is 1.88. The lowest BCUT2D eigenvalue weighted by Gasteiger charge is -2.42. The number of anilines is 1. The molecule has 1 heterocycles. The second-order valence-corrected chi connectivity index (χ2v) is 7.69. The fourth-order valence-electron chi connectivity index (χ4n) is 3.56. The Hall–Kier alpha value is -2.56. The largest absolute Gasteiger partial charge is 0.477 e. The third kappa shape index (κ3) is 5.00. The number of pyridine rings is 1. The molecule has 7 nitrogen and oxygen atoms in total. The zero-order chi connectivity index (χ0) is 20.2. The number of aromatic nitrogens is 1. The van der Waals surface area contributed by atoms with Crippen LogP contribution in [0.15, 0.2) is 6.07 Å². The van der Waals surface area contributed by atoms with Crippen LogP contribution in [0.5, 0.6) is 5.88 Å². The van der Waals surface area contributed by atoms with Gasteiger partial charge in [-0.3, -0.25) is 0 Å². The lowest BCUT2D eigenvalue weighted by molar-refractivity contribution is 0.0556. The van der Waals surface area contributed by atoms with Crippen molar-refractivity contribution in [2.24, 2.45) is 0 Å². The summed E-state index contributed by atoms with van der Waals surface area (Å²) in [5.41, 5.74) is -0.407. The highest BCUT2D eigenvalue weighted by Gasteiger charge is 2.35. The molecule has 2 N–H and O–H groups in total. The molecule has 0 radical (unpaired) electrons. The first kappa shape index (κ1) is 20.7. The van der Waals surface area contributed by atoms with Crippen LogP contribution in [0.25, 0.3) is 0 Å². The molecule has 1 aliphatic carbocycles. The summed E-state index contributed by atoms with van der Waals surface area (Å²) in [5, 5.41) is 21.7. The minimum absolute atomic E-state index is 0.0127. The average Bonchev–Trinajstić information content (AvgIpc) is 2.57. The molecular weight excluding hydrogens is 351 g/mol. The van der Waals surface area contributed by atoms with Gasteiger partial charge in [0.2, 0.25) is 5.88 Å². The van der Waals surface area contributed by atoms with Crippen LogP contribution in [0.2, 0.25) is 0 Å². The Morgan fingerprint density at radius 3 is 2.56 bits per heavy atom. The van der Waals surface area contributed by atoms with Gasteiger partial charge in [0.1, 0.15) is 11.6 Å². The summed E-state index contributed by atoms with van der Waals surface area (Å²) in [7, 11) is 0. The van der Waals surface area contributed by atoms with Crippen LogP contribution in [0.3, 0.4) is 0 Å². The first-order chi connectivity index (χ1) is 12.7. The molecule has 1 aromatic rings. The van der Waals surface area contributed by atoms with E-state index in [4.69, 9.17) is 10.00 Å². The van der Waals surface area contributed by atoms with Gasteiger partial charge >= 0.3 is 6.09 Å². The van der Waals surface area contributed by atoms with Crippen LogP contribution in [0, 0.1) is 17.1 Å². The molecule has 1 fully saturated rings. The van der Waals surface area contributed by atoms with Crippen LogP contribution in [-0.4, -0.2) is 45.3 Å². The molecule has 0 spiro atoms. The number of ether oxygens (including phenoxy) is 1. The van der Waals surface area contributed by atoms with E-state index in [1.165, 1.54) is 4.90 Å². The van der Waals surface area contributed by atoms with Gasteiger partial charge in [0.15, 0.2) is 11.6 Å². The number of carboxylic acid groups (broad SMARTS) is 1. The van der Waals surface area contributed by atoms with Gasteiger partial charge in [-0.25, -0.2) is 9.18 Å². The number of halogens is 1. The molecule has 0 aromatic carbocycles. The van der Waals surface area contributed by atoms with E-state index in [2.05, 4.69) is 10.3 Å². The molecule has 0 saturated heterocycles. The lowest BCUT2D eigenvalue weighted by Crippen LogP contribution is -2.52. The highest BCUT2D eigenvalue weighted by molar-refractivity contribution is 5.66. The predicted molar refractivity (Wildman–Crippen MR) is 99.4 cm³/mol. The summed E-state index contributed by atoms with van der Waals surface area (Å²) in [6.45, 7) is 7.75. The fraction of sp³-hybridized carbons (Fsp3) is 0.632. The van der Waals surface area contributed by atoms with E-state index in [-0.39, 0.29) is 29.3 Å². The molecular formula is C19H27FN4O3. The molecule has 27 heavy (non-hydrogen) atoms. The predicted octanol–water partition coefficient (Wildman–Crippen LogP) is 3.99. The van der Waals surface area contributed by atoms with E-state index in [9.17, 15) is 14.3 Å². The highest BCUT2D eigenvalue weighted by atomic mass is 19.1. The normalized spacial score (nSPS) is 19.9. The van der Waals surface area contributed by atoms with Crippen LogP contribution in [-0.2, 0) is 0 Å². The molecule has 148 valence electrons. The molecule has 1 aromatic heterocycles. The number of hydrogen-bond donors (Lipinski definition) is 2. The quantitative estimate of drug-likeness (QED) is 0.804. The zero-order valence-electron chi connectivity index (χ0n) is 16.3. The average molecular weight is 378 g/mol. The van der Waals surface area contributed by atoms with Crippen molar-refractivity contribution in [1.29, 1.82) is 5.26 Å². The monoisotopic (exact) mass is 378 g/mol. The minimum atomic E-state index is -0.917. The number of amides is 1. The Bertz CT molecular complexity index is 719. The third-order valence-electron chi connectivity index (χ3n) is 4.67. The summed E-state index contributed by atoms with van der Waals surface area (Å²) in [5.74, 6) is -0.423. The van der Waals surface area contributed by atoms with Gasteiger partial charge < -0.3 is 20.1 Å². The van der Waals surface area contributed by atoms with E-state index < -0.39 is 17.4 Å². The fourth-order valence-corrected chi connectivity index (χ4v) is 3.56. The molecule has 8 heteroatoms. The van der Waals surface area contributed by atoms with Gasteiger partial charge in [-0.05, 0) is 53.4 Å². The Morgan fingerprint density at radius 2 is 2.07 bits per heavy atom. The second-order valence-electron chi connectivity index (χ2n) is 7.69. The summed E-state index contributed by atoms with van der Waals surface area (Å²) < 4.78 is 19.6. The lowest BCUT2D eigenvalue weighted by atomic mass is 9.88. The van der Waals surface area contributed by atoms with Crippen LogP contribution < -0.4 is 10.1 Å². The smallest absolute Gasteiger partial charge is 0.407 e. The van der Waals surface area contributed by atoms with Gasteiger partial charge in [-0.1, -0.05) is 0 Å². The van der Waals surface area contributed by atoms with E-state index in [0.29, 0.717) is 32.3 Å². The van der Waals surface area contributed by atoms with Gasteiger partial charge in [-0.2, -0.15) is 10.2 Å². The third-order valence-corrected chi connectivity index (χ3v) is 4.67. The van der Waals surface area contributed by atoms with E-state index in [0.717, 1.165) is 6.07 Å². The van der Waals surface area contributed by atoms with E-state index in [1.807, 2.05) is 26.8 Å². The van der Waals surface area contributed by atoms with E-state index in [1.54, 1.807) is 6.92 Å². The van der Waals surface area contributed by atoms with Crippen molar-refractivity contribution in [3.8, 4) is 11.9 Å². The number of carbonyl (C=O) groups is 1. The first-order valence-electron chi connectivity index (χ1n) is 9.19. The van der Waals surface area contributed by atoms with E-state index >= 15 is 0 Å². The molecule has 1 amide bonds. The minimum Gasteiger partial charge on any atom is -0.477 e. The zero-order valence-corrected chi connectivity index (χ0v) is 16.3. The van der Waals surface area contributed by atoms with Crippen molar-refractivity contribution in [3.05, 3.63) is 17.4 Å². The van der Waals surface area contributed by atoms with Crippen LogP contribution in [0.4, 0.5) is 15.0 Å². The molecule has 0 bridgehead atoms. The molecule has 1 aliphatic rings. The maximum absolute atomic E-state index is 14.3. The molecule has 2 rings (SSSR count). The first-order valence-corrected chi connectivity index (χ1v) is 9.19. The Morgan fingerprint density at radius 1 is 1.44 bits per heavy atom. The Balaban J connectivity index is 2.07. The number of nitrogens with zero attached hydrogens (tertiary/aromatic N) is 3. The number of rotatable bonds is 5. The van der Waals surface area contributed by atoms with Gasteiger partial charge in [0.25, 0.3) is 0 Å². The molecule has 0 unspecified atom stereocenters. The van der Waals surface area contributed by atoms with Crippen molar-refractivity contribution < 1.29 is 19.0 Å². The maximum Gasteiger partial charge on any atom is 0.407 e. The second kappa shape index (κ2) is 8.42.